The Kier molecular flexibility index (Phi) is 6.48. The van der Waals surface area contributed by atoms with E-state index in [2.05, 4.69) is 15.0 Å². The second kappa shape index (κ2) is 8.91. The van der Waals surface area contributed by atoms with Crippen LogP contribution >= 0.6 is 11.3 Å². The topological polar surface area (TPSA) is 101 Å². The van der Waals surface area contributed by atoms with E-state index in [1.54, 1.807) is 0 Å². The zero-order chi connectivity index (χ0) is 22.8. The molecule has 3 aromatic rings. The zero-order valence-corrected chi connectivity index (χ0v) is 17.7. The van der Waals surface area contributed by atoms with Crippen LogP contribution in [0.25, 0.3) is 0 Å². The van der Waals surface area contributed by atoms with Crippen LogP contribution < -0.4 is 19.7 Å². The summed E-state index contributed by atoms with van der Waals surface area (Å²) in [6.07, 6.45) is 1.17. The van der Waals surface area contributed by atoms with Crippen LogP contribution in [-0.4, -0.2) is 33.5 Å². The molecule has 1 heterocycles. The molecule has 0 fully saturated rings. The Labute approximate surface area is 179 Å². The Morgan fingerprint density at radius 3 is 2.55 bits per heavy atom. The fraction of sp³-hybridized carbons (Fsp3) is 0.111. The number of carbonyl (C=O) groups is 1. The number of carbonyl (C=O) groups excluding carboxylic acids is 1. The molecule has 31 heavy (non-hydrogen) atoms. The van der Waals surface area contributed by atoms with Crippen molar-refractivity contribution in [2.24, 2.45) is 0 Å². The van der Waals surface area contributed by atoms with E-state index in [1.807, 2.05) is 0 Å². The molecular formula is C18H15F3N4O4S2. The zero-order valence-electron chi connectivity index (χ0n) is 16.0. The lowest BCUT2D eigenvalue weighted by Gasteiger charge is -2.18. The highest BCUT2D eigenvalue weighted by atomic mass is 32.2. The van der Waals surface area contributed by atoms with Gasteiger partial charge in [0.05, 0.1) is 11.1 Å². The highest BCUT2D eigenvalue weighted by molar-refractivity contribution is 7.89. The summed E-state index contributed by atoms with van der Waals surface area (Å²) in [7, 11) is -1.00. The van der Waals surface area contributed by atoms with Gasteiger partial charge in [-0.2, -0.15) is 0 Å². The quantitative estimate of drug-likeness (QED) is 0.530. The molecular weight excluding hydrogens is 457 g/mol. The third-order valence-corrected chi connectivity index (χ3v) is 6.18. The van der Waals surface area contributed by atoms with Gasteiger partial charge in [-0.3, -0.25) is 10.2 Å². The standard InChI is InChI=1S/C18H15F3N4O4S2/c1-22-31(27,28)11-5-3-4-10(6-11)25(2)18(26)24-17-23-9-16(30-17)29-15-8-13(20)12(19)7-14(15)21/h3-9,22H,1-2H3,(H,23,24,26). The normalized spacial score (nSPS) is 11.3. The maximum absolute atomic E-state index is 13.7. The van der Waals surface area contributed by atoms with E-state index in [1.165, 1.54) is 44.6 Å². The summed E-state index contributed by atoms with van der Waals surface area (Å²) in [4.78, 5) is 17.5. The summed E-state index contributed by atoms with van der Waals surface area (Å²) in [5, 5.41) is 2.57. The van der Waals surface area contributed by atoms with Gasteiger partial charge in [0.25, 0.3) is 0 Å². The molecule has 13 heteroatoms. The minimum absolute atomic E-state index is 0.0185. The molecule has 0 spiro atoms. The predicted molar refractivity (Wildman–Crippen MR) is 109 cm³/mol. The van der Waals surface area contributed by atoms with Gasteiger partial charge in [-0.05, 0) is 25.2 Å². The first-order chi connectivity index (χ1) is 14.6. The second-order valence-electron chi connectivity index (χ2n) is 5.98. The van der Waals surface area contributed by atoms with Crippen LogP contribution in [0.15, 0.2) is 47.5 Å². The Morgan fingerprint density at radius 2 is 1.84 bits per heavy atom. The molecule has 3 rings (SSSR count). The molecule has 164 valence electrons. The second-order valence-corrected chi connectivity index (χ2v) is 8.86. The Balaban J connectivity index is 1.71. The third kappa shape index (κ3) is 5.13. The van der Waals surface area contributed by atoms with Crippen molar-refractivity contribution in [3.8, 4) is 10.8 Å². The van der Waals surface area contributed by atoms with Crippen molar-refractivity contribution in [2.75, 3.05) is 24.3 Å². The number of halogens is 3. The van der Waals surface area contributed by atoms with Crippen LogP contribution in [0.1, 0.15) is 0 Å². The molecule has 0 saturated carbocycles. The summed E-state index contributed by atoms with van der Waals surface area (Å²) in [5.74, 6) is -4.27. The number of rotatable bonds is 6. The predicted octanol–water partition coefficient (Wildman–Crippen LogP) is 3.93. The van der Waals surface area contributed by atoms with Gasteiger partial charge in [0.2, 0.25) is 15.1 Å². The molecule has 1 aromatic heterocycles. The molecule has 0 aliphatic rings. The molecule has 0 bridgehead atoms. The molecule has 0 aliphatic carbocycles. The van der Waals surface area contributed by atoms with Crippen molar-refractivity contribution in [3.05, 3.63) is 60.0 Å². The Hall–Kier alpha value is -3.16. The van der Waals surface area contributed by atoms with Crippen molar-refractivity contribution in [1.29, 1.82) is 0 Å². The third-order valence-electron chi connectivity index (χ3n) is 3.97. The summed E-state index contributed by atoms with van der Waals surface area (Å²) in [6.45, 7) is 0. The van der Waals surface area contributed by atoms with E-state index in [9.17, 15) is 26.4 Å². The molecule has 0 aliphatic heterocycles. The van der Waals surface area contributed by atoms with Gasteiger partial charge in [-0.15, -0.1) is 0 Å². The first-order valence-corrected chi connectivity index (χ1v) is 10.8. The van der Waals surface area contributed by atoms with Gasteiger partial charge in [-0.25, -0.2) is 36.1 Å². The van der Waals surface area contributed by atoms with Crippen LogP contribution in [0.2, 0.25) is 0 Å². The SMILES string of the molecule is CNS(=O)(=O)c1cccc(N(C)C(=O)Nc2ncc(Oc3cc(F)c(F)cc3F)s2)c1. The average molecular weight is 472 g/mol. The largest absolute Gasteiger partial charge is 0.442 e. The van der Waals surface area contributed by atoms with Gasteiger partial charge in [0.15, 0.2) is 28.3 Å². The Bertz CT molecular complexity index is 1230. The van der Waals surface area contributed by atoms with E-state index in [0.29, 0.717) is 17.8 Å². The maximum Gasteiger partial charge on any atom is 0.327 e. The lowest BCUT2D eigenvalue weighted by Crippen LogP contribution is -2.31. The summed E-state index contributed by atoms with van der Waals surface area (Å²) in [5.41, 5.74) is 0.297. The van der Waals surface area contributed by atoms with Crippen molar-refractivity contribution in [1.82, 2.24) is 9.71 Å². The smallest absolute Gasteiger partial charge is 0.327 e. The van der Waals surface area contributed by atoms with Crippen molar-refractivity contribution in [3.63, 3.8) is 0 Å². The number of thiazole rings is 1. The first kappa shape index (κ1) is 22.5. The molecule has 2 amide bonds. The summed E-state index contributed by atoms with van der Waals surface area (Å²) < 4.78 is 71.2. The number of benzene rings is 2. The van der Waals surface area contributed by atoms with Crippen LogP contribution in [0, 0.1) is 17.5 Å². The first-order valence-electron chi connectivity index (χ1n) is 8.47. The molecule has 0 unspecified atom stereocenters. The number of ether oxygens (including phenoxy) is 1. The van der Waals surface area contributed by atoms with E-state index < -0.39 is 39.3 Å². The van der Waals surface area contributed by atoms with Crippen molar-refractivity contribution >= 4 is 38.2 Å². The number of anilines is 2. The fourth-order valence-electron chi connectivity index (χ4n) is 2.32. The van der Waals surface area contributed by atoms with Gasteiger partial charge < -0.3 is 4.74 Å². The van der Waals surface area contributed by atoms with E-state index in [0.717, 1.165) is 16.2 Å². The van der Waals surface area contributed by atoms with Crippen molar-refractivity contribution in [2.45, 2.75) is 4.90 Å². The van der Waals surface area contributed by atoms with E-state index in [-0.39, 0.29) is 15.1 Å². The van der Waals surface area contributed by atoms with Crippen LogP contribution in [-0.2, 0) is 10.0 Å². The van der Waals surface area contributed by atoms with Gasteiger partial charge in [0, 0.05) is 24.9 Å². The summed E-state index contributed by atoms with van der Waals surface area (Å²) >= 11 is 0.818. The van der Waals surface area contributed by atoms with Crippen LogP contribution in [0.4, 0.5) is 28.8 Å². The Morgan fingerprint density at radius 1 is 1.13 bits per heavy atom. The molecule has 8 nitrogen and oxygen atoms in total. The molecule has 2 aromatic carbocycles. The number of nitrogens with zero attached hydrogens (tertiary/aromatic N) is 2. The fourth-order valence-corrected chi connectivity index (χ4v) is 3.77. The molecule has 2 N–H and O–H groups in total. The van der Waals surface area contributed by atoms with Crippen LogP contribution in [0.5, 0.6) is 10.8 Å². The lowest BCUT2D eigenvalue weighted by molar-refractivity contribution is 0.258. The van der Waals surface area contributed by atoms with Crippen molar-refractivity contribution < 1.29 is 31.1 Å². The molecule has 0 radical (unpaired) electrons. The number of hydrogen-bond acceptors (Lipinski definition) is 6. The maximum atomic E-state index is 13.7. The number of amides is 2. The number of sulfonamides is 1. The lowest BCUT2D eigenvalue weighted by atomic mass is 10.3. The highest BCUT2D eigenvalue weighted by Gasteiger charge is 2.18. The highest BCUT2D eigenvalue weighted by Crippen LogP contribution is 2.32. The summed E-state index contributed by atoms with van der Waals surface area (Å²) in [6, 6.07) is 5.98. The van der Waals surface area contributed by atoms with Gasteiger partial charge >= 0.3 is 6.03 Å². The number of aromatic nitrogens is 1. The van der Waals surface area contributed by atoms with Gasteiger partial charge in [0.1, 0.15) is 0 Å². The monoisotopic (exact) mass is 472 g/mol. The number of urea groups is 1. The van der Waals surface area contributed by atoms with Crippen LogP contribution in [0.3, 0.4) is 0 Å². The minimum atomic E-state index is -3.69. The van der Waals surface area contributed by atoms with Gasteiger partial charge in [-0.1, -0.05) is 17.4 Å². The average Bonchev–Trinajstić information content (AvgIpc) is 3.18. The minimum Gasteiger partial charge on any atom is -0.442 e. The molecule has 0 atom stereocenters. The van der Waals surface area contributed by atoms with E-state index >= 15 is 0 Å². The number of hydrogen-bond donors (Lipinski definition) is 2. The number of nitrogens with one attached hydrogen (secondary N) is 2. The van der Waals surface area contributed by atoms with E-state index in [4.69, 9.17) is 4.74 Å². The molecule has 0 saturated heterocycles.